The standard InChI is InChI=1S/C22H18F3N5O5S2/c1-12-2-4-14(16(6-12)22(23,24)25)10-30-17-5-3-13(7-15(17)9-27-30)8-18-20(32)29(21(33)36-18)11-19(31)28-37(26,34)35/h2-9H,10-11H2,1H3,(H,28,31)(H2,26,34,35)/b18-8-. The van der Waals surface area contributed by atoms with Crippen LogP contribution in [0.2, 0.25) is 0 Å². The second kappa shape index (κ2) is 9.64. The monoisotopic (exact) mass is 553 g/mol. The Hall–Kier alpha value is -3.69. The maximum atomic E-state index is 13.5. The molecule has 3 aromatic rings. The van der Waals surface area contributed by atoms with Crippen molar-refractivity contribution in [3.63, 3.8) is 0 Å². The molecule has 0 radical (unpaired) electrons. The average molecular weight is 554 g/mol. The van der Waals surface area contributed by atoms with E-state index in [0.717, 1.165) is 6.07 Å². The molecule has 1 saturated heterocycles. The Morgan fingerprint density at radius 2 is 1.92 bits per heavy atom. The highest BCUT2D eigenvalue weighted by molar-refractivity contribution is 8.18. The van der Waals surface area contributed by atoms with Gasteiger partial charge in [-0.15, -0.1) is 0 Å². The van der Waals surface area contributed by atoms with Crippen LogP contribution in [0.4, 0.5) is 18.0 Å². The van der Waals surface area contributed by atoms with Gasteiger partial charge in [-0.25, -0.2) is 9.86 Å². The molecule has 1 aliphatic rings. The molecular weight excluding hydrogens is 535 g/mol. The number of rotatable bonds is 6. The summed E-state index contributed by atoms with van der Waals surface area (Å²) < 4.78 is 65.3. The van der Waals surface area contributed by atoms with E-state index in [9.17, 15) is 36.0 Å². The summed E-state index contributed by atoms with van der Waals surface area (Å²) in [5, 5.41) is 8.73. The number of thioether (sulfide) groups is 1. The molecule has 0 atom stereocenters. The summed E-state index contributed by atoms with van der Waals surface area (Å²) in [4.78, 5) is 37.0. The van der Waals surface area contributed by atoms with Crippen molar-refractivity contribution in [1.29, 1.82) is 0 Å². The number of alkyl halides is 3. The Morgan fingerprint density at radius 1 is 1.19 bits per heavy atom. The van der Waals surface area contributed by atoms with Crippen LogP contribution in [0.3, 0.4) is 0 Å². The van der Waals surface area contributed by atoms with Crippen molar-refractivity contribution in [2.75, 3.05) is 6.54 Å². The fourth-order valence-corrected chi connectivity index (χ4v) is 4.92. The van der Waals surface area contributed by atoms with E-state index in [1.54, 1.807) is 31.2 Å². The van der Waals surface area contributed by atoms with E-state index < -0.39 is 45.5 Å². The van der Waals surface area contributed by atoms with Crippen LogP contribution in [0.5, 0.6) is 0 Å². The number of imide groups is 1. The molecule has 0 aliphatic carbocycles. The smallest absolute Gasteiger partial charge is 0.272 e. The second-order valence-corrected chi connectivity index (χ2v) is 10.4. The van der Waals surface area contributed by atoms with Crippen LogP contribution in [0.1, 0.15) is 22.3 Å². The number of nitrogens with zero attached hydrogens (tertiary/aromatic N) is 3. The molecule has 37 heavy (non-hydrogen) atoms. The molecule has 0 bridgehead atoms. The largest absolute Gasteiger partial charge is 0.416 e. The van der Waals surface area contributed by atoms with Gasteiger partial charge in [-0.1, -0.05) is 23.8 Å². The van der Waals surface area contributed by atoms with E-state index >= 15 is 0 Å². The van der Waals surface area contributed by atoms with Gasteiger partial charge in [-0.3, -0.25) is 24.0 Å². The normalized spacial score (nSPS) is 15.7. The number of nitrogens with one attached hydrogen (secondary N) is 1. The van der Waals surface area contributed by atoms with Crippen molar-refractivity contribution in [3.05, 3.63) is 69.8 Å². The number of halogens is 3. The molecular formula is C22H18F3N5O5S2. The summed E-state index contributed by atoms with van der Waals surface area (Å²) >= 11 is 0.564. The van der Waals surface area contributed by atoms with E-state index in [-0.39, 0.29) is 17.0 Å². The number of amides is 3. The second-order valence-electron chi connectivity index (χ2n) is 8.12. The Morgan fingerprint density at radius 3 is 2.59 bits per heavy atom. The van der Waals surface area contributed by atoms with Crippen LogP contribution in [0, 0.1) is 6.92 Å². The number of carbonyl (C=O) groups excluding carboxylic acids is 3. The first kappa shape index (κ1) is 26.4. The molecule has 1 aromatic heterocycles. The summed E-state index contributed by atoms with van der Waals surface area (Å²) in [5.41, 5.74) is 0.866. The lowest BCUT2D eigenvalue weighted by Crippen LogP contribution is -2.44. The third-order valence-electron chi connectivity index (χ3n) is 5.29. The van der Waals surface area contributed by atoms with E-state index in [0.29, 0.717) is 38.7 Å². The number of aromatic nitrogens is 2. The van der Waals surface area contributed by atoms with E-state index in [2.05, 4.69) is 5.10 Å². The molecule has 15 heteroatoms. The molecule has 3 N–H and O–H groups in total. The quantitative estimate of drug-likeness (QED) is 0.447. The van der Waals surface area contributed by atoms with Crippen LogP contribution in [-0.2, 0) is 32.5 Å². The zero-order chi connectivity index (χ0) is 27.1. The maximum Gasteiger partial charge on any atom is 0.416 e. The van der Waals surface area contributed by atoms with Crippen LogP contribution in [0.15, 0.2) is 47.5 Å². The van der Waals surface area contributed by atoms with E-state index in [4.69, 9.17) is 5.14 Å². The number of carbonyl (C=O) groups is 3. The Bertz CT molecular complexity index is 1580. The summed E-state index contributed by atoms with van der Waals surface area (Å²) in [5.74, 6) is -1.95. The third-order valence-corrected chi connectivity index (χ3v) is 6.71. The minimum absolute atomic E-state index is 0.00498. The first-order chi connectivity index (χ1) is 17.2. The highest BCUT2D eigenvalue weighted by Crippen LogP contribution is 2.34. The fourth-order valence-electron chi connectivity index (χ4n) is 3.70. The number of benzene rings is 2. The van der Waals surface area contributed by atoms with Gasteiger partial charge in [0.05, 0.1) is 28.7 Å². The molecule has 1 aliphatic heterocycles. The zero-order valence-electron chi connectivity index (χ0n) is 18.9. The number of hydrogen-bond donors (Lipinski definition) is 2. The lowest BCUT2D eigenvalue weighted by atomic mass is 10.0. The minimum Gasteiger partial charge on any atom is -0.272 e. The molecule has 2 heterocycles. The van der Waals surface area contributed by atoms with Gasteiger partial charge in [0.2, 0.25) is 0 Å². The van der Waals surface area contributed by atoms with Crippen molar-refractivity contribution in [1.82, 2.24) is 19.4 Å². The van der Waals surface area contributed by atoms with Crippen LogP contribution in [-0.4, -0.2) is 46.7 Å². The van der Waals surface area contributed by atoms with Crippen molar-refractivity contribution >= 4 is 56.0 Å². The molecule has 194 valence electrons. The predicted molar refractivity (Wildman–Crippen MR) is 129 cm³/mol. The Kier molecular flexibility index (Phi) is 6.87. The van der Waals surface area contributed by atoms with Gasteiger partial charge >= 0.3 is 6.18 Å². The zero-order valence-corrected chi connectivity index (χ0v) is 20.6. The first-order valence-electron chi connectivity index (χ1n) is 10.4. The number of hydrogen-bond acceptors (Lipinski definition) is 7. The summed E-state index contributed by atoms with van der Waals surface area (Å²) in [7, 11) is -4.35. The third kappa shape index (κ3) is 6.00. The van der Waals surface area contributed by atoms with Crippen LogP contribution in [0.25, 0.3) is 17.0 Å². The van der Waals surface area contributed by atoms with Crippen molar-refractivity contribution in [2.24, 2.45) is 5.14 Å². The highest BCUT2D eigenvalue weighted by Gasteiger charge is 2.37. The molecule has 2 aromatic carbocycles. The van der Waals surface area contributed by atoms with Gasteiger partial charge in [0.25, 0.3) is 27.3 Å². The van der Waals surface area contributed by atoms with Crippen molar-refractivity contribution in [3.8, 4) is 0 Å². The molecule has 0 saturated carbocycles. The topological polar surface area (TPSA) is 144 Å². The van der Waals surface area contributed by atoms with Gasteiger partial charge in [-0.2, -0.15) is 26.7 Å². The molecule has 3 amide bonds. The van der Waals surface area contributed by atoms with Gasteiger partial charge in [-0.05, 0) is 54.1 Å². The lowest BCUT2D eigenvalue weighted by molar-refractivity contribution is -0.138. The van der Waals surface area contributed by atoms with E-state index in [1.165, 1.54) is 27.7 Å². The molecule has 0 spiro atoms. The Labute approximate surface area is 212 Å². The molecule has 0 unspecified atom stereocenters. The molecule has 10 nitrogen and oxygen atoms in total. The maximum absolute atomic E-state index is 13.5. The first-order valence-corrected chi connectivity index (χ1v) is 12.8. The molecule has 1 fully saturated rings. The number of nitrogens with two attached hydrogens (primary N) is 1. The number of fused-ring (bicyclic) bond motifs is 1. The lowest BCUT2D eigenvalue weighted by Gasteiger charge is -2.14. The van der Waals surface area contributed by atoms with E-state index in [1.807, 2.05) is 0 Å². The fraction of sp³-hybridized carbons (Fsp3) is 0.182. The summed E-state index contributed by atoms with van der Waals surface area (Å²) in [6.07, 6.45) is -1.64. The molecule has 4 rings (SSSR count). The van der Waals surface area contributed by atoms with Gasteiger partial charge in [0, 0.05) is 5.39 Å². The van der Waals surface area contributed by atoms with Gasteiger partial charge in [0.1, 0.15) is 6.54 Å². The Balaban J connectivity index is 1.56. The SMILES string of the molecule is Cc1ccc(Cn2ncc3cc(/C=C4\SC(=O)N(CC(=O)NS(N)(=O)=O)C4=O)ccc32)c(C(F)(F)F)c1. The average Bonchev–Trinajstić information content (AvgIpc) is 3.28. The van der Waals surface area contributed by atoms with Gasteiger partial charge < -0.3 is 0 Å². The summed E-state index contributed by atoms with van der Waals surface area (Å²) in [6.45, 7) is 0.637. The van der Waals surface area contributed by atoms with Crippen molar-refractivity contribution < 1.29 is 36.0 Å². The number of aryl methyl sites for hydroxylation is 1. The van der Waals surface area contributed by atoms with Crippen LogP contribution < -0.4 is 9.86 Å². The highest BCUT2D eigenvalue weighted by atomic mass is 32.2. The van der Waals surface area contributed by atoms with Crippen LogP contribution >= 0.6 is 11.8 Å². The van der Waals surface area contributed by atoms with Gasteiger partial charge in [0.15, 0.2) is 0 Å². The van der Waals surface area contributed by atoms with Crippen molar-refractivity contribution in [2.45, 2.75) is 19.6 Å². The summed E-state index contributed by atoms with van der Waals surface area (Å²) in [6, 6.07) is 8.96. The predicted octanol–water partition coefficient (Wildman–Crippen LogP) is 2.77. The minimum atomic E-state index is -4.51.